The number of carbonyl (C=O) groups is 1. The molecule has 1 atom stereocenters. The third kappa shape index (κ3) is 6.37. The van der Waals surface area contributed by atoms with Crippen molar-refractivity contribution in [2.24, 2.45) is 0 Å². The maximum atomic E-state index is 12.4. The standard InChI is InChI=1S/C21H27N3O4S/c1-17(25)23-19-8-10-20(11-9-19)29(26,27)22-12-5-13-24-14-15-28-21(16-24)18-6-3-2-4-7-18/h2-4,6-11,21-22H,5,12-16H2,1H3,(H,23,25). The Hall–Kier alpha value is -2.26. The summed E-state index contributed by atoms with van der Waals surface area (Å²) in [6, 6.07) is 16.3. The number of benzene rings is 2. The smallest absolute Gasteiger partial charge is 0.240 e. The Kier molecular flexibility index (Phi) is 7.38. The molecule has 2 aromatic carbocycles. The van der Waals surface area contributed by atoms with Crippen LogP contribution in [-0.2, 0) is 19.6 Å². The lowest BCUT2D eigenvalue weighted by Crippen LogP contribution is -2.39. The molecular weight excluding hydrogens is 390 g/mol. The molecule has 0 bridgehead atoms. The van der Waals surface area contributed by atoms with Gasteiger partial charge < -0.3 is 10.1 Å². The van der Waals surface area contributed by atoms with Crippen molar-refractivity contribution in [2.75, 3.05) is 38.1 Å². The molecule has 2 N–H and O–H groups in total. The number of hydrogen-bond acceptors (Lipinski definition) is 5. The summed E-state index contributed by atoms with van der Waals surface area (Å²) in [5, 5.41) is 2.62. The summed E-state index contributed by atoms with van der Waals surface area (Å²) in [6.07, 6.45) is 0.772. The van der Waals surface area contributed by atoms with E-state index in [1.165, 1.54) is 24.6 Å². The quantitative estimate of drug-likeness (QED) is 0.644. The first-order valence-corrected chi connectivity index (χ1v) is 11.2. The number of amides is 1. The number of anilines is 1. The lowest BCUT2D eigenvalue weighted by molar-refractivity contribution is -0.114. The molecule has 1 aliphatic rings. The minimum atomic E-state index is -3.57. The second-order valence-electron chi connectivity index (χ2n) is 7.03. The van der Waals surface area contributed by atoms with Crippen molar-refractivity contribution >= 4 is 21.6 Å². The SMILES string of the molecule is CC(=O)Nc1ccc(S(=O)(=O)NCCCN2CCOC(c3ccccc3)C2)cc1. The van der Waals surface area contributed by atoms with Crippen LogP contribution in [-0.4, -0.2) is 52.0 Å². The van der Waals surface area contributed by atoms with E-state index >= 15 is 0 Å². The molecule has 7 nitrogen and oxygen atoms in total. The van der Waals surface area contributed by atoms with Gasteiger partial charge >= 0.3 is 0 Å². The van der Waals surface area contributed by atoms with E-state index in [0.29, 0.717) is 25.3 Å². The Morgan fingerprint density at radius 2 is 1.86 bits per heavy atom. The molecule has 1 heterocycles. The number of sulfonamides is 1. The highest BCUT2D eigenvalue weighted by molar-refractivity contribution is 7.89. The van der Waals surface area contributed by atoms with Crippen molar-refractivity contribution in [3.05, 3.63) is 60.2 Å². The second-order valence-corrected chi connectivity index (χ2v) is 8.79. The van der Waals surface area contributed by atoms with Gasteiger partial charge in [0.2, 0.25) is 15.9 Å². The molecule has 1 amide bonds. The third-order valence-corrected chi connectivity index (χ3v) is 6.23. The molecule has 1 saturated heterocycles. The van der Waals surface area contributed by atoms with Gasteiger partial charge in [0.05, 0.1) is 17.6 Å². The predicted octanol–water partition coefficient (Wildman–Crippen LogP) is 2.39. The van der Waals surface area contributed by atoms with E-state index in [-0.39, 0.29) is 16.9 Å². The van der Waals surface area contributed by atoms with Crippen LogP contribution in [0, 0.1) is 0 Å². The second kappa shape index (κ2) is 9.98. The number of carbonyl (C=O) groups excluding carboxylic acids is 1. The maximum absolute atomic E-state index is 12.4. The lowest BCUT2D eigenvalue weighted by atomic mass is 10.1. The van der Waals surface area contributed by atoms with E-state index in [2.05, 4.69) is 27.1 Å². The number of rotatable bonds is 8. The van der Waals surface area contributed by atoms with E-state index < -0.39 is 10.0 Å². The summed E-state index contributed by atoms with van der Waals surface area (Å²) in [7, 11) is -3.57. The van der Waals surface area contributed by atoms with Crippen LogP contribution in [0.2, 0.25) is 0 Å². The van der Waals surface area contributed by atoms with Gasteiger partial charge in [-0.3, -0.25) is 9.69 Å². The van der Waals surface area contributed by atoms with Gasteiger partial charge in [0, 0.05) is 32.2 Å². The fraction of sp³-hybridized carbons (Fsp3) is 0.381. The third-order valence-electron chi connectivity index (χ3n) is 4.75. The molecular formula is C21H27N3O4S. The van der Waals surface area contributed by atoms with Gasteiger partial charge in [-0.1, -0.05) is 30.3 Å². The van der Waals surface area contributed by atoms with E-state index in [1.54, 1.807) is 12.1 Å². The fourth-order valence-electron chi connectivity index (χ4n) is 3.29. The van der Waals surface area contributed by atoms with Gasteiger partial charge in [-0.15, -0.1) is 0 Å². The fourth-order valence-corrected chi connectivity index (χ4v) is 4.36. The van der Waals surface area contributed by atoms with Crippen LogP contribution in [0.25, 0.3) is 0 Å². The topological polar surface area (TPSA) is 87.7 Å². The monoisotopic (exact) mass is 417 g/mol. The summed E-state index contributed by atoms with van der Waals surface area (Å²) in [5.74, 6) is -0.198. The lowest BCUT2D eigenvalue weighted by Gasteiger charge is -2.33. The van der Waals surface area contributed by atoms with Crippen molar-refractivity contribution in [1.82, 2.24) is 9.62 Å². The zero-order valence-electron chi connectivity index (χ0n) is 16.5. The minimum absolute atomic E-state index is 0.0590. The molecule has 8 heteroatoms. The van der Waals surface area contributed by atoms with Gasteiger partial charge in [-0.05, 0) is 42.8 Å². The first-order valence-electron chi connectivity index (χ1n) is 9.70. The first-order chi connectivity index (χ1) is 13.9. The van der Waals surface area contributed by atoms with E-state index in [1.807, 2.05) is 18.2 Å². The van der Waals surface area contributed by atoms with Crippen molar-refractivity contribution in [3.63, 3.8) is 0 Å². The van der Waals surface area contributed by atoms with E-state index in [9.17, 15) is 13.2 Å². The highest BCUT2D eigenvalue weighted by Crippen LogP contribution is 2.22. The van der Waals surface area contributed by atoms with Crippen molar-refractivity contribution < 1.29 is 17.9 Å². The zero-order chi connectivity index (χ0) is 20.7. The summed E-state index contributed by atoms with van der Waals surface area (Å²) in [4.78, 5) is 13.5. The summed E-state index contributed by atoms with van der Waals surface area (Å²) in [6.45, 7) is 4.90. The first kappa shape index (κ1) is 21.4. The van der Waals surface area contributed by atoms with Gasteiger partial charge in [-0.25, -0.2) is 13.1 Å². The van der Waals surface area contributed by atoms with Gasteiger partial charge in [0.15, 0.2) is 0 Å². The highest BCUT2D eigenvalue weighted by Gasteiger charge is 2.21. The van der Waals surface area contributed by atoms with Crippen molar-refractivity contribution in [3.8, 4) is 0 Å². The largest absolute Gasteiger partial charge is 0.371 e. The predicted molar refractivity (Wildman–Crippen MR) is 112 cm³/mol. The number of morpholine rings is 1. The van der Waals surface area contributed by atoms with Crippen LogP contribution in [0.4, 0.5) is 5.69 Å². The van der Waals surface area contributed by atoms with Crippen LogP contribution < -0.4 is 10.0 Å². The Labute approximate surface area is 172 Å². The molecule has 1 fully saturated rings. The zero-order valence-corrected chi connectivity index (χ0v) is 17.3. The Morgan fingerprint density at radius 1 is 1.14 bits per heavy atom. The van der Waals surface area contributed by atoms with Crippen LogP contribution in [0.5, 0.6) is 0 Å². The number of ether oxygens (including phenoxy) is 1. The number of nitrogens with one attached hydrogen (secondary N) is 2. The normalized spacial score (nSPS) is 17.8. The molecule has 0 aliphatic carbocycles. The molecule has 3 rings (SSSR count). The summed E-state index contributed by atoms with van der Waals surface area (Å²) < 4.78 is 33.4. The Balaban J connectivity index is 1.45. The minimum Gasteiger partial charge on any atom is -0.371 e. The molecule has 0 spiro atoms. The summed E-state index contributed by atoms with van der Waals surface area (Å²) >= 11 is 0. The molecule has 0 aromatic heterocycles. The van der Waals surface area contributed by atoms with Crippen LogP contribution >= 0.6 is 0 Å². The number of hydrogen-bond donors (Lipinski definition) is 2. The van der Waals surface area contributed by atoms with Gasteiger partial charge in [-0.2, -0.15) is 0 Å². The average molecular weight is 418 g/mol. The van der Waals surface area contributed by atoms with E-state index in [4.69, 9.17) is 4.74 Å². The Bertz CT molecular complexity index is 901. The van der Waals surface area contributed by atoms with Crippen molar-refractivity contribution in [1.29, 1.82) is 0 Å². The molecule has 29 heavy (non-hydrogen) atoms. The molecule has 2 aromatic rings. The van der Waals surface area contributed by atoms with Gasteiger partial charge in [0.1, 0.15) is 0 Å². The van der Waals surface area contributed by atoms with Crippen LogP contribution in [0.1, 0.15) is 25.0 Å². The van der Waals surface area contributed by atoms with Crippen LogP contribution in [0.3, 0.4) is 0 Å². The molecule has 0 radical (unpaired) electrons. The Morgan fingerprint density at radius 3 is 2.55 bits per heavy atom. The van der Waals surface area contributed by atoms with Crippen LogP contribution in [0.15, 0.2) is 59.5 Å². The van der Waals surface area contributed by atoms with Gasteiger partial charge in [0.25, 0.3) is 0 Å². The summed E-state index contributed by atoms with van der Waals surface area (Å²) in [5.41, 5.74) is 1.73. The molecule has 1 aliphatic heterocycles. The average Bonchev–Trinajstić information content (AvgIpc) is 2.72. The maximum Gasteiger partial charge on any atom is 0.240 e. The molecule has 1 unspecified atom stereocenters. The highest BCUT2D eigenvalue weighted by atomic mass is 32.2. The molecule has 156 valence electrons. The van der Waals surface area contributed by atoms with E-state index in [0.717, 1.165) is 19.6 Å². The number of nitrogens with zero attached hydrogens (tertiary/aromatic N) is 1. The molecule has 0 saturated carbocycles. The van der Waals surface area contributed by atoms with Crippen molar-refractivity contribution in [2.45, 2.75) is 24.3 Å².